The van der Waals surface area contributed by atoms with Gasteiger partial charge in [0.15, 0.2) is 0 Å². The van der Waals surface area contributed by atoms with E-state index in [4.69, 9.17) is 5.11 Å². The Morgan fingerprint density at radius 1 is 1.37 bits per heavy atom. The first kappa shape index (κ1) is 13.3. The lowest BCUT2D eigenvalue weighted by Gasteiger charge is -2.34. The highest BCUT2D eigenvalue weighted by Gasteiger charge is 2.34. The molecule has 0 saturated carbocycles. The molecular weight excluding hydrogens is 244 g/mol. The Balaban J connectivity index is 2.39. The van der Waals surface area contributed by atoms with Crippen LogP contribution < -0.4 is 0 Å². The predicted molar refractivity (Wildman–Crippen MR) is 71.3 cm³/mol. The molecule has 0 spiro atoms. The third-order valence-electron chi connectivity index (χ3n) is 2.86. The molecule has 1 aromatic rings. The van der Waals surface area contributed by atoms with Crippen molar-refractivity contribution in [3.8, 4) is 0 Å². The van der Waals surface area contributed by atoms with Crippen LogP contribution in [0.15, 0.2) is 35.3 Å². The lowest BCUT2D eigenvalue weighted by Crippen LogP contribution is -2.51. The summed E-state index contributed by atoms with van der Waals surface area (Å²) in [6.07, 6.45) is 0. The van der Waals surface area contributed by atoms with Crippen molar-refractivity contribution in [2.45, 2.75) is 19.4 Å². The fourth-order valence-electron chi connectivity index (χ4n) is 2.15. The number of amides is 1. The molecule has 5 heteroatoms. The Morgan fingerprint density at radius 3 is 2.58 bits per heavy atom. The van der Waals surface area contributed by atoms with Gasteiger partial charge in [0.25, 0.3) is 5.91 Å². The molecule has 19 heavy (non-hydrogen) atoms. The van der Waals surface area contributed by atoms with Crippen molar-refractivity contribution < 1.29 is 14.7 Å². The largest absolute Gasteiger partial charge is 0.480 e. The van der Waals surface area contributed by atoms with Crippen molar-refractivity contribution in [2.75, 3.05) is 13.1 Å². The lowest BCUT2D eigenvalue weighted by atomic mass is 9.98. The summed E-state index contributed by atoms with van der Waals surface area (Å²) in [7, 11) is 0. The van der Waals surface area contributed by atoms with Gasteiger partial charge in [-0.15, -0.1) is 0 Å². The average Bonchev–Trinajstić information content (AvgIpc) is 2.33. The van der Waals surface area contributed by atoms with Crippen LogP contribution in [0.3, 0.4) is 0 Å². The first-order valence-electron chi connectivity index (χ1n) is 6.05. The molecule has 1 aromatic carbocycles. The maximum atomic E-state index is 12.3. The molecule has 0 atom stereocenters. The fraction of sp³-hybridized carbons (Fsp3) is 0.357. The first-order valence-corrected chi connectivity index (χ1v) is 6.05. The zero-order chi connectivity index (χ0) is 14.0. The van der Waals surface area contributed by atoms with Gasteiger partial charge >= 0.3 is 5.97 Å². The second-order valence-corrected chi connectivity index (χ2v) is 5.19. The summed E-state index contributed by atoms with van der Waals surface area (Å²) in [6.45, 7) is 3.79. The highest BCUT2D eigenvalue weighted by molar-refractivity contribution is 6.45. The standard InChI is InChI=1S/C14H16N2O3/c1-14(2)9-16(8-11(17)18)13(19)12(15-14)10-6-4-3-5-7-10/h3-7H,8-9H2,1-2H3,(H,17,18). The number of carbonyl (C=O) groups is 2. The molecule has 0 bridgehead atoms. The molecule has 1 aliphatic heterocycles. The predicted octanol–water partition coefficient (Wildman–Crippen LogP) is 1.18. The minimum Gasteiger partial charge on any atom is -0.480 e. The Kier molecular flexibility index (Phi) is 3.38. The normalized spacial score (nSPS) is 18.1. The molecule has 0 saturated heterocycles. The van der Waals surface area contributed by atoms with E-state index in [2.05, 4.69) is 4.99 Å². The third kappa shape index (κ3) is 2.99. The number of aliphatic imine (C=N–C) groups is 1. The van der Waals surface area contributed by atoms with Crippen molar-refractivity contribution >= 4 is 17.6 Å². The van der Waals surface area contributed by atoms with Crippen LogP contribution in [0.2, 0.25) is 0 Å². The number of carboxylic acids is 1. The van der Waals surface area contributed by atoms with Crippen LogP contribution >= 0.6 is 0 Å². The molecule has 1 heterocycles. The number of rotatable bonds is 3. The molecule has 0 unspecified atom stereocenters. The second-order valence-electron chi connectivity index (χ2n) is 5.19. The van der Waals surface area contributed by atoms with E-state index in [9.17, 15) is 9.59 Å². The highest BCUT2D eigenvalue weighted by Crippen LogP contribution is 2.20. The van der Waals surface area contributed by atoms with Crippen LogP contribution in [0.4, 0.5) is 0 Å². The minimum absolute atomic E-state index is 0.298. The molecule has 0 aromatic heterocycles. The van der Waals surface area contributed by atoms with Crippen molar-refractivity contribution in [3.63, 3.8) is 0 Å². The van der Waals surface area contributed by atoms with Gasteiger partial charge < -0.3 is 10.0 Å². The summed E-state index contributed by atoms with van der Waals surface area (Å²) in [5.74, 6) is -1.34. The van der Waals surface area contributed by atoms with E-state index >= 15 is 0 Å². The fourth-order valence-corrected chi connectivity index (χ4v) is 2.15. The van der Waals surface area contributed by atoms with E-state index in [-0.39, 0.29) is 12.5 Å². The van der Waals surface area contributed by atoms with Gasteiger partial charge in [0.05, 0.1) is 5.54 Å². The smallest absolute Gasteiger partial charge is 0.323 e. The summed E-state index contributed by atoms with van der Waals surface area (Å²) < 4.78 is 0. The quantitative estimate of drug-likeness (QED) is 0.887. The second kappa shape index (κ2) is 4.84. The maximum Gasteiger partial charge on any atom is 0.323 e. The number of hydrogen-bond donors (Lipinski definition) is 1. The first-order chi connectivity index (χ1) is 8.89. The molecule has 0 fully saturated rings. The van der Waals surface area contributed by atoms with Gasteiger partial charge in [-0.1, -0.05) is 30.3 Å². The Morgan fingerprint density at radius 2 is 2.00 bits per heavy atom. The van der Waals surface area contributed by atoms with E-state index in [1.165, 1.54) is 4.90 Å². The van der Waals surface area contributed by atoms with E-state index in [1.807, 2.05) is 32.0 Å². The van der Waals surface area contributed by atoms with Crippen LogP contribution in [-0.2, 0) is 9.59 Å². The van der Waals surface area contributed by atoms with Crippen LogP contribution in [0.5, 0.6) is 0 Å². The van der Waals surface area contributed by atoms with Crippen LogP contribution in [0.1, 0.15) is 19.4 Å². The molecule has 0 aliphatic carbocycles. The molecule has 1 amide bonds. The molecule has 1 aliphatic rings. The maximum absolute atomic E-state index is 12.3. The topological polar surface area (TPSA) is 70.0 Å². The number of benzene rings is 1. The van der Waals surface area contributed by atoms with Crippen LogP contribution in [-0.4, -0.2) is 46.2 Å². The summed E-state index contributed by atoms with van der Waals surface area (Å²) >= 11 is 0. The van der Waals surface area contributed by atoms with Crippen molar-refractivity contribution in [1.82, 2.24) is 4.90 Å². The van der Waals surface area contributed by atoms with Gasteiger partial charge in [-0.2, -0.15) is 0 Å². The van der Waals surface area contributed by atoms with E-state index in [0.717, 1.165) is 5.56 Å². The van der Waals surface area contributed by atoms with Crippen molar-refractivity contribution in [2.24, 2.45) is 4.99 Å². The number of hydrogen-bond acceptors (Lipinski definition) is 3. The number of carboxylic acid groups (broad SMARTS) is 1. The van der Waals surface area contributed by atoms with Gasteiger partial charge in [0.1, 0.15) is 12.3 Å². The van der Waals surface area contributed by atoms with Gasteiger partial charge in [-0.3, -0.25) is 14.6 Å². The number of nitrogens with zero attached hydrogens (tertiary/aromatic N) is 2. The molecule has 1 N–H and O–H groups in total. The van der Waals surface area contributed by atoms with E-state index < -0.39 is 11.5 Å². The number of aliphatic carboxylic acids is 1. The van der Waals surface area contributed by atoms with E-state index in [1.54, 1.807) is 12.1 Å². The van der Waals surface area contributed by atoms with Gasteiger partial charge in [-0.25, -0.2) is 0 Å². The van der Waals surface area contributed by atoms with Gasteiger partial charge in [-0.05, 0) is 13.8 Å². The summed E-state index contributed by atoms with van der Waals surface area (Å²) in [5, 5.41) is 8.88. The molecule has 5 nitrogen and oxygen atoms in total. The summed E-state index contributed by atoms with van der Waals surface area (Å²) in [6, 6.07) is 9.12. The Labute approximate surface area is 111 Å². The molecular formula is C14H16N2O3. The van der Waals surface area contributed by atoms with Gasteiger partial charge in [0, 0.05) is 12.1 Å². The molecule has 0 radical (unpaired) electrons. The van der Waals surface area contributed by atoms with E-state index in [0.29, 0.717) is 12.3 Å². The van der Waals surface area contributed by atoms with Crippen molar-refractivity contribution in [1.29, 1.82) is 0 Å². The van der Waals surface area contributed by atoms with Crippen LogP contribution in [0.25, 0.3) is 0 Å². The zero-order valence-electron chi connectivity index (χ0n) is 11.0. The molecule has 100 valence electrons. The molecule has 2 rings (SSSR count). The monoisotopic (exact) mass is 260 g/mol. The minimum atomic E-state index is -1.02. The average molecular weight is 260 g/mol. The van der Waals surface area contributed by atoms with Gasteiger partial charge in [0.2, 0.25) is 0 Å². The Hall–Kier alpha value is -2.17. The highest BCUT2D eigenvalue weighted by atomic mass is 16.4. The SMILES string of the molecule is CC1(C)CN(CC(=O)O)C(=O)C(c2ccccc2)=N1. The number of carbonyl (C=O) groups excluding carboxylic acids is 1. The van der Waals surface area contributed by atoms with Crippen LogP contribution in [0, 0.1) is 0 Å². The van der Waals surface area contributed by atoms with Crippen molar-refractivity contribution in [3.05, 3.63) is 35.9 Å². The summed E-state index contributed by atoms with van der Waals surface area (Å²) in [5.41, 5.74) is 0.572. The Bertz CT molecular complexity index is 535. The summed E-state index contributed by atoms with van der Waals surface area (Å²) in [4.78, 5) is 28.9. The zero-order valence-corrected chi connectivity index (χ0v) is 11.0. The third-order valence-corrected chi connectivity index (χ3v) is 2.86. The lowest BCUT2D eigenvalue weighted by molar-refractivity contribution is -0.142.